The van der Waals surface area contributed by atoms with Crippen LogP contribution in [0.4, 0.5) is 22.8 Å². The highest BCUT2D eigenvalue weighted by Gasteiger charge is 2.17. The SMILES string of the molecule is CC(C)(C)OC(=O)NCc1cccc(-c2ccc(F)cc2)c1.CC(C)(C)OC(=O)NCc1cccc(Br)c1.Cl.ClCCl.ClCCl.NCc1cccc(-c2ccc(F)cc2)c1.NCc1cccc(Br)c1.OB(O)c1ccc(F)cc1. The average Bonchev–Trinajstić information content (AvgIpc) is 3.39. The number of carbonyl (C=O) groups is 2. The summed E-state index contributed by atoms with van der Waals surface area (Å²) in [4.78, 5) is 23.0. The number of hydrogen-bond acceptors (Lipinski definition) is 8. The molecule has 8 N–H and O–H groups in total. The molecule has 0 aliphatic carbocycles. The quantitative estimate of drug-likeness (QED) is 0.0613. The number of nitrogens with one attached hydrogen (secondary N) is 2. The Bertz CT molecular complexity index is 2780. The zero-order chi connectivity index (χ0) is 58.7. The van der Waals surface area contributed by atoms with Crippen LogP contribution in [-0.4, -0.2) is 51.2 Å². The normalized spacial score (nSPS) is 10.0. The Balaban J connectivity index is 0.000000962. The third kappa shape index (κ3) is 36.2. The second-order valence-corrected chi connectivity index (χ2v) is 21.4. The smallest absolute Gasteiger partial charge is 0.444 e. The molecule has 21 heteroatoms. The molecule has 0 saturated carbocycles. The van der Waals surface area contributed by atoms with Crippen LogP contribution in [0.25, 0.3) is 22.3 Å². The minimum Gasteiger partial charge on any atom is -0.444 e. The lowest BCUT2D eigenvalue weighted by Gasteiger charge is -2.19. The molecule has 79 heavy (non-hydrogen) atoms. The lowest BCUT2D eigenvalue weighted by atomic mass is 9.80. The van der Waals surface area contributed by atoms with Gasteiger partial charge in [-0.2, -0.15) is 0 Å². The van der Waals surface area contributed by atoms with Crippen molar-refractivity contribution in [3.8, 4) is 22.3 Å². The Labute approximate surface area is 506 Å². The standard InChI is InChI=1S/C18H20FNO2.C13H12FN.C12H16BrNO2.C7H8BrN.C6H6BFO2.2CH2Cl2.ClH/c1-18(2,3)22-17(21)20-12-13-5-4-6-15(11-13)14-7-9-16(19)10-8-14;14-13-6-4-11(5-7-13)12-3-1-2-10(8-12)9-15;1-12(2,3)16-11(15)14-8-9-5-4-6-10(13)7-9;8-7-3-1-2-6(4-7)5-9;8-6-3-1-5(2-4-6)7(9)10;2*2-1-3;/h4-11H,12H2,1-3H3,(H,20,21);1-8H,9,15H2;4-7H,8H2,1-3H3,(H,14,15);1-4H,5,9H2;1-4,9-10H;2*1H2;1H. The number of benzene rings is 7. The summed E-state index contributed by atoms with van der Waals surface area (Å²) in [6.07, 6.45) is -0.841. The van der Waals surface area contributed by atoms with Gasteiger partial charge in [-0.15, -0.1) is 58.8 Å². The molecule has 7 aromatic rings. The summed E-state index contributed by atoms with van der Waals surface area (Å²) < 4.78 is 50.3. The minimum absolute atomic E-state index is 0. The summed E-state index contributed by atoms with van der Waals surface area (Å²) in [5, 5.41) is 22.9. The summed E-state index contributed by atoms with van der Waals surface area (Å²) in [5.41, 5.74) is 18.5. The van der Waals surface area contributed by atoms with E-state index in [0.717, 1.165) is 53.5 Å². The fourth-order valence-electron chi connectivity index (χ4n) is 5.95. The van der Waals surface area contributed by atoms with Gasteiger partial charge in [-0.05, 0) is 164 Å². The van der Waals surface area contributed by atoms with E-state index >= 15 is 0 Å². The second kappa shape index (κ2) is 41.2. The Morgan fingerprint density at radius 2 is 0.785 bits per heavy atom. The average molecular weight is 1320 g/mol. The lowest BCUT2D eigenvalue weighted by Crippen LogP contribution is -2.32. The van der Waals surface area contributed by atoms with E-state index in [1.165, 1.54) is 48.5 Å². The number of rotatable bonds is 9. The number of amides is 2. The summed E-state index contributed by atoms with van der Waals surface area (Å²) in [6.45, 7) is 13.0. The molecule has 0 radical (unpaired) electrons. The van der Waals surface area contributed by atoms with Gasteiger partial charge in [0.25, 0.3) is 0 Å². The maximum atomic E-state index is 13.0. The fraction of sp³-hybridized carbons (Fsp3) is 0.241. The molecule has 0 aliphatic heterocycles. The molecule has 428 valence electrons. The second-order valence-electron chi connectivity index (χ2n) is 17.9. The molecule has 0 saturated heterocycles. The van der Waals surface area contributed by atoms with Gasteiger partial charge in [-0.25, -0.2) is 22.8 Å². The van der Waals surface area contributed by atoms with Crippen LogP contribution in [0.15, 0.2) is 179 Å². The van der Waals surface area contributed by atoms with Gasteiger partial charge in [0.1, 0.15) is 28.7 Å². The first-order valence-electron chi connectivity index (χ1n) is 23.7. The van der Waals surface area contributed by atoms with Crippen LogP contribution in [-0.2, 0) is 35.7 Å². The highest BCUT2D eigenvalue weighted by Crippen LogP contribution is 2.22. The first-order chi connectivity index (χ1) is 36.8. The van der Waals surface area contributed by atoms with Crippen molar-refractivity contribution in [1.29, 1.82) is 0 Å². The molecule has 0 fully saturated rings. The van der Waals surface area contributed by atoms with Crippen molar-refractivity contribution in [1.82, 2.24) is 10.6 Å². The van der Waals surface area contributed by atoms with Gasteiger partial charge < -0.3 is 41.6 Å². The minimum atomic E-state index is -1.51. The fourth-order valence-corrected chi connectivity index (χ4v) is 6.84. The molecule has 0 bridgehead atoms. The summed E-state index contributed by atoms with van der Waals surface area (Å²) in [6, 6.07) is 49.2. The summed E-state index contributed by atoms with van der Waals surface area (Å²) >= 11 is 25.8. The molecule has 0 aliphatic rings. The van der Waals surface area contributed by atoms with Crippen LogP contribution < -0.4 is 27.6 Å². The van der Waals surface area contributed by atoms with E-state index in [1.807, 2.05) is 139 Å². The Morgan fingerprint density at radius 3 is 1.10 bits per heavy atom. The number of nitrogens with two attached hydrogens (primary N) is 2. The third-order valence-corrected chi connectivity index (χ3v) is 10.3. The first kappa shape index (κ1) is 74.2. The van der Waals surface area contributed by atoms with Crippen molar-refractivity contribution in [2.75, 3.05) is 10.7 Å². The number of alkyl halides is 4. The van der Waals surface area contributed by atoms with E-state index in [0.29, 0.717) is 31.6 Å². The highest BCUT2D eigenvalue weighted by molar-refractivity contribution is 9.10. The van der Waals surface area contributed by atoms with Gasteiger partial charge in [-0.3, -0.25) is 0 Å². The summed E-state index contributed by atoms with van der Waals surface area (Å²) in [5.74, 6) is -0.857. The number of alkyl carbamates (subject to hydrolysis) is 2. The zero-order valence-electron chi connectivity index (χ0n) is 44.5. The zero-order valence-corrected chi connectivity index (χ0v) is 51.5. The molecule has 0 heterocycles. The van der Waals surface area contributed by atoms with E-state index in [4.69, 9.17) is 77.4 Å². The third-order valence-electron chi connectivity index (χ3n) is 9.30. The van der Waals surface area contributed by atoms with Crippen molar-refractivity contribution >= 4 is 115 Å². The monoisotopic (exact) mass is 1320 g/mol. The number of halogens is 10. The van der Waals surface area contributed by atoms with Crippen molar-refractivity contribution < 1.29 is 42.3 Å². The van der Waals surface area contributed by atoms with Crippen LogP contribution >= 0.6 is 90.7 Å². The first-order valence-corrected chi connectivity index (χ1v) is 27.5. The van der Waals surface area contributed by atoms with Crippen LogP contribution in [0.5, 0.6) is 0 Å². The Hall–Kier alpha value is -4.82. The number of ether oxygens (including phenoxy) is 2. The van der Waals surface area contributed by atoms with Gasteiger partial charge in [0.2, 0.25) is 0 Å². The maximum absolute atomic E-state index is 13.0. The van der Waals surface area contributed by atoms with E-state index in [-0.39, 0.29) is 40.5 Å². The van der Waals surface area contributed by atoms with E-state index in [1.54, 1.807) is 24.3 Å². The molecule has 10 nitrogen and oxygen atoms in total. The van der Waals surface area contributed by atoms with Gasteiger partial charge in [0.15, 0.2) is 0 Å². The highest BCUT2D eigenvalue weighted by atomic mass is 79.9. The van der Waals surface area contributed by atoms with Crippen LogP contribution in [0.2, 0.25) is 0 Å². The topological polar surface area (TPSA) is 169 Å². The molecule has 0 aromatic heterocycles. The number of hydrogen-bond donors (Lipinski definition) is 6. The van der Waals surface area contributed by atoms with Gasteiger partial charge in [0.05, 0.1) is 10.7 Å². The van der Waals surface area contributed by atoms with Crippen LogP contribution in [0.1, 0.15) is 63.8 Å². The Morgan fingerprint density at radius 1 is 0.494 bits per heavy atom. The number of carbonyl (C=O) groups excluding carboxylic acids is 2. The molecule has 7 rings (SSSR count). The van der Waals surface area contributed by atoms with Crippen molar-refractivity contribution in [3.63, 3.8) is 0 Å². The van der Waals surface area contributed by atoms with Gasteiger partial charge in [0, 0.05) is 35.1 Å². The largest absolute Gasteiger partial charge is 0.488 e. The van der Waals surface area contributed by atoms with Crippen molar-refractivity contribution in [2.24, 2.45) is 11.5 Å². The molecule has 0 atom stereocenters. The van der Waals surface area contributed by atoms with E-state index < -0.39 is 30.5 Å². The molecule has 0 unspecified atom stereocenters. The predicted octanol–water partition coefficient (Wildman–Crippen LogP) is 15.6. The maximum Gasteiger partial charge on any atom is 0.488 e. The molecule has 7 aromatic carbocycles. The van der Waals surface area contributed by atoms with Crippen molar-refractivity contribution in [2.45, 2.75) is 78.9 Å². The van der Waals surface area contributed by atoms with Crippen LogP contribution in [0, 0.1) is 17.5 Å². The lowest BCUT2D eigenvalue weighted by molar-refractivity contribution is 0.0512. The van der Waals surface area contributed by atoms with E-state index in [9.17, 15) is 22.8 Å². The van der Waals surface area contributed by atoms with Crippen LogP contribution in [0.3, 0.4) is 0 Å². The molecule has 0 spiro atoms. The molecular formula is C58H67BBr2Cl5F3N4O6. The van der Waals surface area contributed by atoms with Gasteiger partial charge >= 0.3 is 19.3 Å². The van der Waals surface area contributed by atoms with Gasteiger partial charge in [-0.1, -0.05) is 129 Å². The molecule has 2 amide bonds. The molecular weight excluding hydrogens is 1250 g/mol. The Kier molecular flexibility index (Phi) is 38.7. The summed E-state index contributed by atoms with van der Waals surface area (Å²) in [7, 11) is -1.51. The van der Waals surface area contributed by atoms with E-state index in [2.05, 4.69) is 42.5 Å². The van der Waals surface area contributed by atoms with Crippen molar-refractivity contribution in [3.05, 3.63) is 219 Å². The predicted molar refractivity (Wildman–Crippen MR) is 331 cm³/mol.